The first kappa shape index (κ1) is 17.6. The van der Waals surface area contributed by atoms with Crippen molar-refractivity contribution in [3.05, 3.63) is 78.5 Å². The van der Waals surface area contributed by atoms with Crippen LogP contribution in [0.1, 0.15) is 5.56 Å². The Morgan fingerprint density at radius 3 is 2.32 bits per heavy atom. The largest absolute Gasteiger partial charge is 0.381 e. The predicted molar refractivity (Wildman–Crippen MR) is 88.5 cm³/mol. The summed E-state index contributed by atoms with van der Waals surface area (Å²) in [6.07, 6.45) is -2.59. The van der Waals surface area contributed by atoms with Crippen LogP contribution >= 0.6 is 0 Å². The van der Waals surface area contributed by atoms with Gasteiger partial charge >= 0.3 is 6.18 Å². The van der Waals surface area contributed by atoms with Gasteiger partial charge in [-0.1, -0.05) is 42.5 Å². The molecule has 3 aromatic carbocycles. The van der Waals surface area contributed by atoms with Gasteiger partial charge in [0.25, 0.3) is 0 Å². The molecule has 4 rings (SSSR count). The van der Waals surface area contributed by atoms with Crippen molar-refractivity contribution in [1.29, 1.82) is 0 Å². The number of rotatable bonds is 1. The van der Waals surface area contributed by atoms with E-state index >= 15 is 0 Å². The Bertz CT molecular complexity index is 1040. The number of hydrogen-bond donors (Lipinski definition) is 0. The molecule has 0 amide bonds. The zero-order chi connectivity index (χ0) is 16.7. The Labute approximate surface area is 155 Å². The zero-order valence-electron chi connectivity index (χ0n) is 12.8. The number of hydrogen-bond acceptors (Lipinski definition) is 1. The standard InChI is InChI=1S/C20H11F3N.Ir/c21-20(22,23)16-9-7-14(8-10-16)19-11-15-6-5-13-3-1-2-4-17(13)18(15)12-24-19;/h1-7,9-12H;/q-1;. The minimum atomic E-state index is -4.36. The molecule has 1 radical (unpaired) electrons. The van der Waals surface area contributed by atoms with E-state index in [0.29, 0.717) is 11.3 Å². The van der Waals surface area contributed by atoms with E-state index in [1.54, 1.807) is 6.20 Å². The minimum absolute atomic E-state index is 0. The molecule has 0 aliphatic heterocycles. The molecule has 25 heavy (non-hydrogen) atoms. The molecule has 5 heteroatoms. The van der Waals surface area contributed by atoms with Gasteiger partial charge in [-0.2, -0.15) is 13.2 Å². The van der Waals surface area contributed by atoms with Crippen molar-refractivity contribution in [1.82, 2.24) is 4.98 Å². The molecule has 127 valence electrons. The second kappa shape index (κ2) is 6.58. The van der Waals surface area contributed by atoms with Gasteiger partial charge in [-0.25, -0.2) is 0 Å². The second-order valence-electron chi connectivity index (χ2n) is 5.57. The van der Waals surface area contributed by atoms with E-state index in [-0.39, 0.29) is 20.1 Å². The average molecular weight is 515 g/mol. The summed E-state index contributed by atoms with van der Waals surface area (Å²) in [5.41, 5.74) is 0.433. The van der Waals surface area contributed by atoms with Crippen molar-refractivity contribution >= 4 is 21.5 Å². The molecule has 0 aliphatic carbocycles. The number of fused-ring (bicyclic) bond motifs is 3. The van der Waals surface area contributed by atoms with E-state index in [2.05, 4.69) is 11.1 Å². The van der Waals surface area contributed by atoms with Crippen LogP contribution in [0.3, 0.4) is 0 Å². The first-order valence-electron chi connectivity index (χ1n) is 7.39. The summed E-state index contributed by atoms with van der Waals surface area (Å²) in [4.78, 5) is 4.41. The number of alkyl halides is 3. The van der Waals surface area contributed by atoms with Crippen LogP contribution in [0.2, 0.25) is 0 Å². The molecule has 0 unspecified atom stereocenters. The molecule has 0 atom stereocenters. The van der Waals surface area contributed by atoms with Crippen LogP contribution in [0.4, 0.5) is 13.2 Å². The molecule has 0 N–H and O–H groups in total. The van der Waals surface area contributed by atoms with E-state index < -0.39 is 11.7 Å². The van der Waals surface area contributed by atoms with Crippen molar-refractivity contribution < 1.29 is 33.3 Å². The van der Waals surface area contributed by atoms with Crippen LogP contribution in [0.5, 0.6) is 0 Å². The summed E-state index contributed by atoms with van der Waals surface area (Å²) in [6, 6.07) is 20.0. The Morgan fingerprint density at radius 2 is 1.60 bits per heavy atom. The molecule has 0 aliphatic rings. The fourth-order valence-electron chi connectivity index (χ4n) is 2.81. The monoisotopic (exact) mass is 515 g/mol. The summed E-state index contributed by atoms with van der Waals surface area (Å²) in [7, 11) is 0. The number of halogens is 3. The summed E-state index contributed by atoms with van der Waals surface area (Å²) in [5.74, 6) is 0. The first-order chi connectivity index (χ1) is 11.5. The molecule has 0 spiro atoms. The molecule has 4 aromatic rings. The number of benzene rings is 3. The van der Waals surface area contributed by atoms with Crippen molar-refractivity contribution in [2.75, 3.05) is 0 Å². The molecule has 0 saturated heterocycles. The van der Waals surface area contributed by atoms with Gasteiger partial charge in [0.15, 0.2) is 0 Å². The second-order valence-corrected chi connectivity index (χ2v) is 5.57. The third kappa shape index (κ3) is 3.30. The Balaban J connectivity index is 0.00000182. The average Bonchev–Trinajstić information content (AvgIpc) is 2.60. The van der Waals surface area contributed by atoms with E-state index in [1.165, 1.54) is 6.07 Å². The predicted octanol–water partition coefficient (Wildman–Crippen LogP) is 5.87. The fourth-order valence-corrected chi connectivity index (χ4v) is 2.81. The summed E-state index contributed by atoms with van der Waals surface area (Å²) in [5, 5.41) is 4.24. The molecule has 0 saturated carbocycles. The van der Waals surface area contributed by atoms with Crippen molar-refractivity contribution in [2.24, 2.45) is 0 Å². The minimum Gasteiger partial charge on any atom is -0.304 e. The van der Waals surface area contributed by atoms with Crippen LogP contribution in [-0.2, 0) is 26.3 Å². The van der Waals surface area contributed by atoms with E-state index in [9.17, 15) is 13.2 Å². The third-order valence-electron chi connectivity index (χ3n) is 4.05. The summed E-state index contributed by atoms with van der Waals surface area (Å²) < 4.78 is 37.9. The smallest absolute Gasteiger partial charge is 0.304 e. The molecule has 0 bridgehead atoms. The van der Waals surface area contributed by atoms with Gasteiger partial charge in [0.2, 0.25) is 0 Å². The van der Waals surface area contributed by atoms with E-state index in [1.807, 2.05) is 42.5 Å². The molecule has 1 heterocycles. The van der Waals surface area contributed by atoms with Gasteiger partial charge in [0.1, 0.15) is 0 Å². The van der Waals surface area contributed by atoms with Gasteiger partial charge in [-0.3, -0.25) is 0 Å². The van der Waals surface area contributed by atoms with Crippen LogP contribution in [0.25, 0.3) is 32.8 Å². The van der Waals surface area contributed by atoms with E-state index in [0.717, 1.165) is 33.7 Å². The van der Waals surface area contributed by atoms with E-state index in [4.69, 9.17) is 0 Å². The van der Waals surface area contributed by atoms with Gasteiger partial charge < -0.3 is 4.98 Å². The summed E-state index contributed by atoms with van der Waals surface area (Å²) in [6.45, 7) is 0. The maximum Gasteiger partial charge on any atom is 0.381 e. The maximum absolute atomic E-state index is 12.6. The Kier molecular flexibility index (Phi) is 4.63. The molecular formula is C20H11F3IrN-. The third-order valence-corrected chi connectivity index (χ3v) is 4.05. The number of nitrogens with zero attached hydrogens (tertiary/aromatic N) is 1. The van der Waals surface area contributed by atoms with Gasteiger partial charge in [0, 0.05) is 31.7 Å². The molecule has 0 fully saturated rings. The SMILES string of the molecule is FC(F)(F)c1c[c-]c(-c2cc3ccc4ccccc4c3cn2)cc1.[Ir]. The van der Waals surface area contributed by atoms with Crippen molar-refractivity contribution in [2.45, 2.75) is 6.18 Å². The van der Waals surface area contributed by atoms with Crippen LogP contribution in [-0.4, -0.2) is 4.98 Å². The van der Waals surface area contributed by atoms with Gasteiger partial charge in [-0.05, 0) is 27.4 Å². The summed E-state index contributed by atoms with van der Waals surface area (Å²) >= 11 is 0. The van der Waals surface area contributed by atoms with Crippen molar-refractivity contribution in [3.63, 3.8) is 0 Å². The first-order valence-corrected chi connectivity index (χ1v) is 7.39. The molecular weight excluding hydrogens is 503 g/mol. The molecule has 1 aromatic heterocycles. The van der Waals surface area contributed by atoms with Crippen LogP contribution in [0.15, 0.2) is 66.9 Å². The quantitative estimate of drug-likeness (QED) is 0.229. The Hall–Kier alpha value is -2.23. The van der Waals surface area contributed by atoms with Crippen molar-refractivity contribution in [3.8, 4) is 11.3 Å². The van der Waals surface area contributed by atoms with Crippen LogP contribution < -0.4 is 0 Å². The van der Waals surface area contributed by atoms with Gasteiger partial charge in [0.05, 0.1) is 0 Å². The zero-order valence-corrected chi connectivity index (χ0v) is 15.2. The fraction of sp³-hybridized carbons (Fsp3) is 0.0500. The Morgan fingerprint density at radius 1 is 0.840 bits per heavy atom. The number of aromatic nitrogens is 1. The topological polar surface area (TPSA) is 12.9 Å². The number of pyridine rings is 1. The maximum atomic E-state index is 12.6. The van der Waals surface area contributed by atoms with Gasteiger partial charge in [-0.15, -0.1) is 29.8 Å². The van der Waals surface area contributed by atoms with Crippen LogP contribution in [0, 0.1) is 6.07 Å². The molecule has 1 nitrogen and oxygen atoms in total. The normalized spacial score (nSPS) is 11.5.